The van der Waals surface area contributed by atoms with Crippen molar-refractivity contribution in [3.63, 3.8) is 0 Å². The van der Waals surface area contributed by atoms with Crippen LogP contribution in [0, 0.1) is 19.8 Å². The van der Waals surface area contributed by atoms with E-state index in [1.165, 1.54) is 16.7 Å². The Morgan fingerprint density at radius 3 is 2.76 bits per heavy atom. The van der Waals surface area contributed by atoms with Crippen LogP contribution in [0.4, 0.5) is 0 Å². The number of hydrogen-bond acceptors (Lipinski definition) is 2. The number of aryl methyl sites for hydroxylation is 2. The highest BCUT2D eigenvalue weighted by molar-refractivity contribution is 5.79. The Balaban J connectivity index is 2.47. The number of benzene rings is 1. The van der Waals surface area contributed by atoms with Gasteiger partial charge >= 0.3 is 0 Å². The van der Waals surface area contributed by atoms with Crippen molar-refractivity contribution in [1.82, 2.24) is 5.32 Å². The third-order valence-corrected chi connectivity index (χ3v) is 3.95. The van der Waals surface area contributed by atoms with Gasteiger partial charge in [0.25, 0.3) is 0 Å². The summed E-state index contributed by atoms with van der Waals surface area (Å²) in [6.07, 6.45) is 0. The monoisotopic (exact) mass is 232 g/mol. The maximum Gasteiger partial charge on any atom is 0.222 e. The van der Waals surface area contributed by atoms with E-state index < -0.39 is 0 Å². The van der Waals surface area contributed by atoms with Crippen LogP contribution in [0.15, 0.2) is 18.2 Å². The van der Waals surface area contributed by atoms with Crippen LogP contribution in [0.3, 0.4) is 0 Å². The second kappa shape index (κ2) is 4.15. The van der Waals surface area contributed by atoms with E-state index in [9.17, 15) is 4.79 Å². The molecule has 2 atom stereocenters. The molecule has 0 bridgehead atoms. The van der Waals surface area contributed by atoms with E-state index in [-0.39, 0.29) is 17.2 Å². The molecule has 1 aromatic rings. The third-order valence-electron chi connectivity index (χ3n) is 3.95. The molecule has 1 fully saturated rings. The lowest BCUT2D eigenvalue weighted by atomic mass is 9.72. The molecule has 3 nitrogen and oxygen atoms in total. The van der Waals surface area contributed by atoms with Crippen molar-refractivity contribution in [2.24, 2.45) is 11.7 Å². The minimum Gasteiger partial charge on any atom is -0.369 e. The van der Waals surface area contributed by atoms with Crippen LogP contribution in [0.25, 0.3) is 0 Å². The van der Waals surface area contributed by atoms with Crippen molar-refractivity contribution in [1.29, 1.82) is 0 Å². The molecule has 1 aliphatic rings. The average Bonchev–Trinajstić information content (AvgIpc) is 2.60. The summed E-state index contributed by atoms with van der Waals surface area (Å²) in [7, 11) is 0. The van der Waals surface area contributed by atoms with Crippen molar-refractivity contribution >= 4 is 5.91 Å². The molecule has 1 amide bonds. The summed E-state index contributed by atoms with van der Waals surface area (Å²) in [5.41, 5.74) is 9.05. The van der Waals surface area contributed by atoms with Gasteiger partial charge in [-0.05, 0) is 25.0 Å². The van der Waals surface area contributed by atoms with Gasteiger partial charge in [-0.25, -0.2) is 0 Å². The second-order valence-electron chi connectivity index (χ2n) is 5.32. The molecule has 1 aromatic carbocycles. The van der Waals surface area contributed by atoms with Crippen molar-refractivity contribution < 1.29 is 4.79 Å². The number of carbonyl (C=O) groups excluding carboxylic acids is 1. The minimum atomic E-state index is -0.211. The predicted molar refractivity (Wildman–Crippen MR) is 68.8 cm³/mol. The van der Waals surface area contributed by atoms with E-state index in [0.717, 1.165) is 6.54 Å². The van der Waals surface area contributed by atoms with Gasteiger partial charge in [0.2, 0.25) is 5.91 Å². The summed E-state index contributed by atoms with van der Waals surface area (Å²) in [6, 6.07) is 6.40. The lowest BCUT2D eigenvalue weighted by Gasteiger charge is -2.31. The number of carbonyl (C=O) groups is 1. The Morgan fingerprint density at radius 2 is 2.18 bits per heavy atom. The van der Waals surface area contributed by atoms with E-state index >= 15 is 0 Å². The molecule has 1 heterocycles. The minimum absolute atomic E-state index is 0.121. The third kappa shape index (κ3) is 1.95. The molecule has 0 aliphatic carbocycles. The standard InChI is InChI=1S/C14H20N2O/c1-9-4-5-11(10(2)6-9)14(3)8-16-7-12(14)13(15)17/h4-6,12,16H,7-8H2,1-3H3,(H2,15,17). The van der Waals surface area contributed by atoms with E-state index in [0.29, 0.717) is 6.54 Å². The summed E-state index contributed by atoms with van der Waals surface area (Å²) in [5.74, 6) is -0.332. The number of nitrogens with one attached hydrogen (secondary N) is 1. The van der Waals surface area contributed by atoms with Crippen molar-refractivity contribution in [2.75, 3.05) is 13.1 Å². The van der Waals surface area contributed by atoms with Gasteiger partial charge in [0, 0.05) is 18.5 Å². The first-order valence-corrected chi connectivity index (χ1v) is 6.03. The SMILES string of the molecule is Cc1ccc(C2(C)CNCC2C(N)=O)c(C)c1. The summed E-state index contributed by atoms with van der Waals surface area (Å²) in [4.78, 5) is 11.6. The van der Waals surface area contributed by atoms with Gasteiger partial charge in [-0.1, -0.05) is 30.7 Å². The number of primary amides is 1. The molecule has 17 heavy (non-hydrogen) atoms. The number of nitrogens with two attached hydrogens (primary N) is 1. The molecule has 0 radical (unpaired) electrons. The summed E-state index contributed by atoms with van der Waals surface area (Å²) >= 11 is 0. The van der Waals surface area contributed by atoms with Crippen molar-refractivity contribution in [2.45, 2.75) is 26.2 Å². The average molecular weight is 232 g/mol. The van der Waals surface area contributed by atoms with Crippen molar-refractivity contribution in [3.05, 3.63) is 34.9 Å². The van der Waals surface area contributed by atoms with Gasteiger partial charge in [-0.2, -0.15) is 0 Å². The highest BCUT2D eigenvalue weighted by Crippen LogP contribution is 2.37. The Bertz CT molecular complexity index is 456. The van der Waals surface area contributed by atoms with E-state index in [1.807, 2.05) is 0 Å². The van der Waals surface area contributed by atoms with Gasteiger partial charge in [0.1, 0.15) is 0 Å². The second-order valence-corrected chi connectivity index (χ2v) is 5.32. The molecule has 3 N–H and O–H groups in total. The molecule has 1 saturated heterocycles. The van der Waals surface area contributed by atoms with Crippen molar-refractivity contribution in [3.8, 4) is 0 Å². The zero-order valence-corrected chi connectivity index (χ0v) is 10.7. The summed E-state index contributed by atoms with van der Waals surface area (Å²) in [5, 5.41) is 3.28. The lowest BCUT2D eigenvalue weighted by Crippen LogP contribution is -2.40. The molecule has 0 aromatic heterocycles. The molecule has 0 saturated carbocycles. The first kappa shape index (κ1) is 12.1. The van der Waals surface area contributed by atoms with Gasteiger partial charge in [-0.3, -0.25) is 4.79 Å². The molecular formula is C14H20N2O. The van der Waals surface area contributed by atoms with E-state index in [2.05, 4.69) is 44.3 Å². The molecular weight excluding hydrogens is 212 g/mol. The maximum absolute atomic E-state index is 11.6. The van der Waals surface area contributed by atoms with Gasteiger partial charge in [-0.15, -0.1) is 0 Å². The Kier molecular flexibility index (Phi) is 2.96. The molecule has 3 heteroatoms. The molecule has 2 rings (SSSR count). The van der Waals surface area contributed by atoms with Gasteiger partial charge in [0.05, 0.1) is 5.92 Å². The van der Waals surface area contributed by atoms with E-state index in [4.69, 9.17) is 5.73 Å². The lowest BCUT2D eigenvalue weighted by molar-refractivity contribution is -0.122. The largest absolute Gasteiger partial charge is 0.369 e. The van der Waals surface area contributed by atoms with Crippen LogP contribution < -0.4 is 11.1 Å². The van der Waals surface area contributed by atoms with E-state index in [1.54, 1.807) is 0 Å². The number of hydrogen-bond donors (Lipinski definition) is 2. The van der Waals surface area contributed by atoms with Crippen LogP contribution in [-0.4, -0.2) is 19.0 Å². The fourth-order valence-corrected chi connectivity index (χ4v) is 2.98. The van der Waals surface area contributed by atoms with Crippen LogP contribution in [0.1, 0.15) is 23.6 Å². The predicted octanol–water partition coefficient (Wildman–Crippen LogP) is 1.27. The molecule has 0 spiro atoms. The van der Waals surface area contributed by atoms with Crippen LogP contribution in [0.5, 0.6) is 0 Å². The fraction of sp³-hybridized carbons (Fsp3) is 0.500. The maximum atomic E-state index is 11.6. The van der Waals surface area contributed by atoms with Gasteiger partial charge in [0.15, 0.2) is 0 Å². The first-order valence-electron chi connectivity index (χ1n) is 6.03. The number of amides is 1. The smallest absolute Gasteiger partial charge is 0.222 e. The Hall–Kier alpha value is -1.35. The quantitative estimate of drug-likeness (QED) is 0.806. The highest BCUT2D eigenvalue weighted by Gasteiger charge is 2.44. The van der Waals surface area contributed by atoms with Crippen LogP contribution in [-0.2, 0) is 10.2 Å². The molecule has 2 unspecified atom stereocenters. The Labute approximate surface area is 102 Å². The van der Waals surface area contributed by atoms with Crippen LogP contribution >= 0.6 is 0 Å². The highest BCUT2D eigenvalue weighted by atomic mass is 16.1. The summed E-state index contributed by atoms with van der Waals surface area (Å²) in [6.45, 7) is 7.80. The zero-order valence-electron chi connectivity index (χ0n) is 10.7. The molecule has 92 valence electrons. The van der Waals surface area contributed by atoms with Gasteiger partial charge < -0.3 is 11.1 Å². The Morgan fingerprint density at radius 1 is 1.47 bits per heavy atom. The summed E-state index contributed by atoms with van der Waals surface area (Å²) < 4.78 is 0. The molecule has 1 aliphatic heterocycles. The fourth-order valence-electron chi connectivity index (χ4n) is 2.98. The topological polar surface area (TPSA) is 55.1 Å². The first-order chi connectivity index (χ1) is 7.95. The van der Waals surface area contributed by atoms with Crippen LogP contribution in [0.2, 0.25) is 0 Å². The number of rotatable bonds is 2. The zero-order chi connectivity index (χ0) is 12.6. The normalized spacial score (nSPS) is 28.3.